The van der Waals surface area contributed by atoms with E-state index in [-0.39, 0.29) is 38.0 Å². The third-order valence-electron chi connectivity index (χ3n) is 9.32. The lowest BCUT2D eigenvalue weighted by Gasteiger charge is -2.37. The SMILES string of the molecule is CC(CCC1CC[NH2+]C(N)C1)=C(CO)CC12OC1(C(=O)OC(CO)CCCO)C(=O)C1CCCCC1C2=O. The first-order chi connectivity index (χ1) is 18.2. The number of Topliss-reactive ketones (excluding diaryl/α,β-unsaturated/α-hetero) is 2. The Bertz CT molecular complexity index is 938. The molecule has 0 aromatic carbocycles. The van der Waals surface area contributed by atoms with Gasteiger partial charge in [0.25, 0.3) is 5.60 Å². The molecule has 4 fully saturated rings. The van der Waals surface area contributed by atoms with E-state index in [1.54, 1.807) is 0 Å². The number of allylic oxidation sites excluding steroid dienone is 1. The van der Waals surface area contributed by atoms with Crippen LogP contribution in [0.15, 0.2) is 11.1 Å². The maximum Gasteiger partial charge on any atom is 0.350 e. The van der Waals surface area contributed by atoms with Gasteiger partial charge in [0.2, 0.25) is 0 Å². The van der Waals surface area contributed by atoms with Gasteiger partial charge in [0, 0.05) is 31.3 Å². The molecular formula is C28H45N2O8+. The van der Waals surface area contributed by atoms with Gasteiger partial charge in [-0.2, -0.15) is 0 Å². The molecule has 2 heterocycles. The summed E-state index contributed by atoms with van der Waals surface area (Å²) in [6.07, 6.45) is 6.10. The second-order valence-electron chi connectivity index (χ2n) is 11.7. The smallest absolute Gasteiger partial charge is 0.350 e. The highest BCUT2D eigenvalue weighted by atomic mass is 16.7. The Labute approximate surface area is 224 Å². The molecule has 7 N–H and O–H groups in total. The maximum absolute atomic E-state index is 13.9. The zero-order valence-electron chi connectivity index (χ0n) is 22.5. The fraction of sp³-hybridized carbons (Fsp3) is 0.821. The molecule has 0 spiro atoms. The number of rotatable bonds is 12. The Morgan fingerprint density at radius 2 is 1.87 bits per heavy atom. The van der Waals surface area contributed by atoms with Crippen molar-refractivity contribution in [3.63, 3.8) is 0 Å². The lowest BCUT2D eigenvalue weighted by molar-refractivity contribution is -0.699. The van der Waals surface area contributed by atoms with Gasteiger partial charge in [0.05, 0.1) is 19.8 Å². The van der Waals surface area contributed by atoms with E-state index in [4.69, 9.17) is 20.3 Å². The Morgan fingerprint density at radius 3 is 2.50 bits per heavy atom. The van der Waals surface area contributed by atoms with E-state index >= 15 is 0 Å². The Morgan fingerprint density at radius 1 is 1.16 bits per heavy atom. The standard InChI is InChI=1S/C28H44N2O8/c1-17(8-9-18-10-11-30-23(29)13-18)19(15-32)14-27-24(34)21-6-2-3-7-22(21)25(35)28(27,38-27)26(36)37-20(16-33)5-4-12-31/h18,20-23,30-33H,2-16,29H2,1H3/p+1. The molecule has 38 heavy (non-hydrogen) atoms. The number of carbonyl (C=O) groups excluding carboxylic acids is 3. The fourth-order valence-corrected chi connectivity index (χ4v) is 6.97. The van der Waals surface area contributed by atoms with Gasteiger partial charge < -0.3 is 30.1 Å². The number of nitrogens with two attached hydrogens (primary N) is 2. The topological polar surface area (TPSA) is 176 Å². The van der Waals surface area contributed by atoms with E-state index in [2.05, 4.69) is 5.32 Å². The largest absolute Gasteiger partial charge is 0.457 e. The van der Waals surface area contributed by atoms with Crippen LogP contribution in [0.25, 0.3) is 0 Å². The van der Waals surface area contributed by atoms with Crippen LogP contribution in [0, 0.1) is 17.8 Å². The second kappa shape index (κ2) is 12.2. The number of hydrogen-bond donors (Lipinski definition) is 5. The molecule has 214 valence electrons. The molecule has 7 atom stereocenters. The number of fused-ring (bicyclic) bond motifs is 2. The molecule has 4 rings (SSSR count). The van der Waals surface area contributed by atoms with E-state index in [1.165, 1.54) is 0 Å². The highest BCUT2D eigenvalue weighted by molar-refractivity contribution is 6.23. The van der Waals surface area contributed by atoms with Crippen LogP contribution in [0.2, 0.25) is 0 Å². The third kappa shape index (κ3) is 5.36. The molecular weight excluding hydrogens is 492 g/mol. The van der Waals surface area contributed by atoms with Gasteiger partial charge in [-0.1, -0.05) is 18.4 Å². The average molecular weight is 538 g/mol. The highest BCUT2D eigenvalue weighted by Gasteiger charge is 2.87. The summed E-state index contributed by atoms with van der Waals surface area (Å²) >= 11 is 0. The lowest BCUT2D eigenvalue weighted by Crippen LogP contribution is -2.94. The molecule has 10 nitrogen and oxygen atoms in total. The number of piperidine rings is 1. The van der Waals surface area contributed by atoms with Gasteiger partial charge in [0.1, 0.15) is 12.3 Å². The van der Waals surface area contributed by atoms with Crippen molar-refractivity contribution in [3.05, 3.63) is 11.1 Å². The Balaban J connectivity index is 1.58. The number of aliphatic hydroxyl groups excluding tert-OH is 3. The Kier molecular flexibility index (Phi) is 9.43. The van der Waals surface area contributed by atoms with Crippen molar-refractivity contribution >= 4 is 17.5 Å². The zero-order chi connectivity index (χ0) is 27.5. The first kappa shape index (κ1) is 29.3. The van der Waals surface area contributed by atoms with Crippen LogP contribution in [-0.2, 0) is 23.9 Å². The summed E-state index contributed by atoms with van der Waals surface area (Å²) in [4.78, 5) is 41.3. The van der Waals surface area contributed by atoms with Gasteiger partial charge in [-0.05, 0) is 63.4 Å². The molecule has 2 aliphatic carbocycles. The number of esters is 1. The molecule has 0 bridgehead atoms. The monoisotopic (exact) mass is 537 g/mol. The maximum atomic E-state index is 13.9. The number of aliphatic hydroxyl groups is 3. The molecule has 4 aliphatic rings. The summed E-state index contributed by atoms with van der Waals surface area (Å²) in [5, 5.41) is 31.3. The predicted octanol–water partition coefficient (Wildman–Crippen LogP) is -0.134. The van der Waals surface area contributed by atoms with Crippen LogP contribution in [0.5, 0.6) is 0 Å². The van der Waals surface area contributed by atoms with Crippen LogP contribution in [-0.4, -0.2) is 82.7 Å². The number of carbonyl (C=O) groups is 3. The van der Waals surface area contributed by atoms with Crippen molar-refractivity contribution in [3.8, 4) is 0 Å². The van der Waals surface area contributed by atoms with Crippen LogP contribution in [0.3, 0.4) is 0 Å². The molecule has 0 aromatic heterocycles. The number of hydrogen-bond acceptors (Lipinski definition) is 9. The fourth-order valence-electron chi connectivity index (χ4n) is 6.97. The molecule has 2 aliphatic heterocycles. The second-order valence-corrected chi connectivity index (χ2v) is 11.7. The highest BCUT2D eigenvalue weighted by Crippen LogP contribution is 2.62. The minimum Gasteiger partial charge on any atom is -0.457 e. The van der Waals surface area contributed by atoms with Crippen molar-refractivity contribution in [2.45, 2.75) is 101 Å². The summed E-state index contributed by atoms with van der Waals surface area (Å²) in [7, 11) is 0. The van der Waals surface area contributed by atoms with Gasteiger partial charge in [-0.15, -0.1) is 0 Å². The first-order valence-corrected chi connectivity index (χ1v) is 14.3. The molecule has 0 radical (unpaired) electrons. The van der Waals surface area contributed by atoms with Crippen molar-refractivity contribution in [1.82, 2.24) is 0 Å². The third-order valence-corrected chi connectivity index (χ3v) is 9.32. The number of ketones is 2. The predicted molar refractivity (Wildman–Crippen MR) is 136 cm³/mol. The number of ether oxygens (including phenoxy) is 2. The number of epoxide rings is 1. The Hall–Kier alpha value is -1.69. The molecule has 10 heteroatoms. The van der Waals surface area contributed by atoms with Crippen LogP contribution in [0.4, 0.5) is 0 Å². The van der Waals surface area contributed by atoms with Gasteiger partial charge in [0.15, 0.2) is 17.2 Å². The number of quaternary nitrogens is 1. The van der Waals surface area contributed by atoms with Crippen LogP contribution >= 0.6 is 0 Å². The van der Waals surface area contributed by atoms with E-state index in [9.17, 15) is 24.6 Å². The minimum atomic E-state index is -2.04. The van der Waals surface area contributed by atoms with E-state index in [1.807, 2.05) is 6.92 Å². The van der Waals surface area contributed by atoms with Gasteiger partial charge in [-0.25, -0.2) is 4.79 Å². The summed E-state index contributed by atoms with van der Waals surface area (Å²) in [6, 6.07) is 0. The summed E-state index contributed by atoms with van der Waals surface area (Å²) in [5.41, 5.74) is 3.92. The van der Waals surface area contributed by atoms with Gasteiger partial charge >= 0.3 is 5.97 Å². The summed E-state index contributed by atoms with van der Waals surface area (Å²) in [6.45, 7) is 2.03. The average Bonchev–Trinajstić information content (AvgIpc) is 3.63. The molecule has 7 unspecified atom stereocenters. The van der Waals surface area contributed by atoms with Gasteiger partial charge in [-0.3, -0.25) is 15.3 Å². The molecule has 0 amide bonds. The minimum absolute atomic E-state index is 0.0311. The van der Waals surface area contributed by atoms with Crippen molar-refractivity contribution < 1.29 is 44.5 Å². The van der Waals surface area contributed by atoms with Crippen LogP contribution in [0.1, 0.15) is 77.6 Å². The van der Waals surface area contributed by atoms with E-state index in [0.717, 1.165) is 50.6 Å². The summed E-state index contributed by atoms with van der Waals surface area (Å²) in [5.74, 6) is -2.19. The van der Waals surface area contributed by atoms with E-state index < -0.39 is 47.5 Å². The molecule has 0 aromatic rings. The molecule has 2 saturated carbocycles. The van der Waals surface area contributed by atoms with Crippen molar-refractivity contribution in [1.29, 1.82) is 0 Å². The summed E-state index contributed by atoms with van der Waals surface area (Å²) < 4.78 is 11.5. The molecule has 2 saturated heterocycles. The quantitative estimate of drug-likeness (QED) is 0.0982. The van der Waals surface area contributed by atoms with Crippen LogP contribution < -0.4 is 11.1 Å². The normalized spacial score (nSPS) is 36.1. The lowest BCUT2D eigenvalue weighted by atomic mass is 9.60. The van der Waals surface area contributed by atoms with E-state index in [0.29, 0.717) is 30.8 Å². The zero-order valence-corrected chi connectivity index (χ0v) is 22.5. The van der Waals surface area contributed by atoms with Crippen molar-refractivity contribution in [2.75, 3.05) is 26.4 Å². The first-order valence-electron chi connectivity index (χ1n) is 14.3. The van der Waals surface area contributed by atoms with Crippen molar-refractivity contribution in [2.24, 2.45) is 23.5 Å².